The maximum absolute atomic E-state index is 13.1. The summed E-state index contributed by atoms with van der Waals surface area (Å²) in [4.78, 5) is 28.7. The van der Waals surface area contributed by atoms with E-state index in [0.29, 0.717) is 18.8 Å². The van der Waals surface area contributed by atoms with Crippen molar-refractivity contribution in [3.8, 4) is 0 Å². The molecule has 0 amide bonds. The summed E-state index contributed by atoms with van der Waals surface area (Å²) in [6.07, 6.45) is 1.62. The van der Waals surface area contributed by atoms with Gasteiger partial charge in [0.15, 0.2) is 10.8 Å². The Kier molecular flexibility index (Phi) is 7.33. The molecule has 0 saturated heterocycles. The van der Waals surface area contributed by atoms with Crippen molar-refractivity contribution >= 4 is 34.5 Å². The minimum absolute atomic E-state index is 0.0751. The molecule has 0 bridgehead atoms. The van der Waals surface area contributed by atoms with E-state index >= 15 is 0 Å². The Labute approximate surface area is 168 Å². The third-order valence-electron chi connectivity index (χ3n) is 4.11. The number of halogens is 1. The number of nitrogens with one attached hydrogen (secondary N) is 2. The van der Waals surface area contributed by atoms with Gasteiger partial charge in [0.2, 0.25) is 0 Å². The topological polar surface area (TPSA) is 96.2 Å². The molecule has 0 aliphatic carbocycles. The lowest BCUT2D eigenvalue weighted by Gasteiger charge is -2.28. The molecule has 0 fully saturated rings. The summed E-state index contributed by atoms with van der Waals surface area (Å²) in [5.41, 5.74) is 5.79. The first-order valence-corrected chi connectivity index (χ1v) is 9.62. The fourth-order valence-corrected chi connectivity index (χ4v) is 3.03. The molecule has 1 aromatic heterocycles. The van der Waals surface area contributed by atoms with Crippen molar-refractivity contribution in [2.45, 2.75) is 40.2 Å². The Morgan fingerprint density at radius 2 is 1.96 bits per heavy atom. The first-order chi connectivity index (χ1) is 13.2. The van der Waals surface area contributed by atoms with E-state index in [2.05, 4.69) is 10.3 Å². The number of aromatic nitrogens is 2. The van der Waals surface area contributed by atoms with Gasteiger partial charge in [0.05, 0.1) is 0 Å². The maximum atomic E-state index is 13.1. The highest BCUT2D eigenvalue weighted by molar-refractivity contribution is 7.80. The smallest absolute Gasteiger partial charge is 0.330 e. The number of anilines is 3. The molecule has 0 atom stereocenters. The number of benzene rings is 1. The number of nitrogens with two attached hydrogens (primary N) is 1. The van der Waals surface area contributed by atoms with E-state index in [1.807, 2.05) is 20.8 Å². The third-order valence-corrected chi connectivity index (χ3v) is 4.43. The number of hydrogen-bond donors (Lipinski definition) is 3. The number of thiocarbonyl (C=S) groups is 1. The first-order valence-electron chi connectivity index (χ1n) is 9.21. The Morgan fingerprint density at radius 3 is 2.54 bits per heavy atom. The highest BCUT2D eigenvalue weighted by Gasteiger charge is 2.23. The molecule has 28 heavy (non-hydrogen) atoms. The van der Waals surface area contributed by atoms with Gasteiger partial charge in [-0.2, -0.15) is 0 Å². The largest absolute Gasteiger partial charge is 0.383 e. The monoisotopic (exact) mass is 407 g/mol. The average molecular weight is 408 g/mol. The zero-order valence-corrected chi connectivity index (χ0v) is 17.1. The summed E-state index contributed by atoms with van der Waals surface area (Å²) in [5, 5.41) is 3.23. The van der Waals surface area contributed by atoms with Crippen LogP contribution in [0.3, 0.4) is 0 Å². The molecule has 0 spiro atoms. The lowest BCUT2D eigenvalue weighted by atomic mass is 10.2. The number of nitrogens with zero attached hydrogens (tertiary/aromatic N) is 2. The van der Waals surface area contributed by atoms with Crippen LogP contribution < -0.4 is 27.2 Å². The second-order valence-electron chi connectivity index (χ2n) is 6.94. The van der Waals surface area contributed by atoms with Gasteiger partial charge in [-0.1, -0.05) is 27.2 Å². The summed E-state index contributed by atoms with van der Waals surface area (Å²) >= 11 is 5.50. The molecular weight excluding hydrogens is 381 g/mol. The van der Waals surface area contributed by atoms with E-state index < -0.39 is 11.2 Å². The number of H-pyrrole nitrogens is 1. The first kappa shape index (κ1) is 21.6. The van der Waals surface area contributed by atoms with Crippen molar-refractivity contribution in [1.29, 1.82) is 0 Å². The normalized spacial score (nSPS) is 10.9. The molecule has 0 aliphatic rings. The van der Waals surface area contributed by atoms with Gasteiger partial charge in [-0.05, 0) is 48.8 Å². The van der Waals surface area contributed by atoms with Crippen LogP contribution in [0, 0.1) is 11.7 Å². The van der Waals surface area contributed by atoms with Crippen molar-refractivity contribution in [2.75, 3.05) is 22.5 Å². The van der Waals surface area contributed by atoms with Crippen molar-refractivity contribution in [1.82, 2.24) is 9.55 Å². The molecule has 0 unspecified atom stereocenters. The SMILES string of the molecule is CCCCn1c(N)c(N(CC(C)C)C(=S)Nc2ccc(F)cc2)c(=O)[nH]c1=O. The van der Waals surface area contributed by atoms with E-state index in [0.717, 1.165) is 12.8 Å². The van der Waals surface area contributed by atoms with Crippen LogP contribution in [0.5, 0.6) is 0 Å². The molecule has 0 aliphatic heterocycles. The van der Waals surface area contributed by atoms with Gasteiger partial charge in [0.25, 0.3) is 5.56 Å². The Bertz CT molecular complexity index is 937. The predicted octanol–water partition coefficient (Wildman–Crippen LogP) is 2.92. The van der Waals surface area contributed by atoms with Crippen LogP contribution in [0.4, 0.5) is 21.6 Å². The van der Waals surface area contributed by atoms with Crippen molar-refractivity contribution in [3.05, 3.63) is 50.9 Å². The molecule has 1 aromatic carbocycles. The van der Waals surface area contributed by atoms with Crippen LogP contribution in [-0.4, -0.2) is 21.2 Å². The zero-order valence-electron chi connectivity index (χ0n) is 16.3. The summed E-state index contributed by atoms with van der Waals surface area (Å²) in [7, 11) is 0. The average Bonchev–Trinajstić information content (AvgIpc) is 2.62. The number of rotatable bonds is 7. The third kappa shape index (κ3) is 5.19. The molecular formula is C19H26FN5O2S. The fraction of sp³-hybridized carbons (Fsp3) is 0.421. The molecule has 2 rings (SSSR count). The van der Waals surface area contributed by atoms with Crippen molar-refractivity contribution in [3.63, 3.8) is 0 Å². The lowest BCUT2D eigenvalue weighted by Crippen LogP contribution is -2.44. The van der Waals surface area contributed by atoms with Crippen LogP contribution in [0.2, 0.25) is 0 Å². The molecule has 152 valence electrons. The highest BCUT2D eigenvalue weighted by Crippen LogP contribution is 2.20. The van der Waals surface area contributed by atoms with Crippen LogP contribution in [0.15, 0.2) is 33.9 Å². The molecule has 0 radical (unpaired) electrons. The van der Waals surface area contributed by atoms with Crippen LogP contribution in [0.25, 0.3) is 0 Å². The number of nitrogen functional groups attached to an aromatic ring is 1. The van der Waals surface area contributed by atoms with Gasteiger partial charge < -0.3 is 16.0 Å². The number of aromatic amines is 1. The van der Waals surface area contributed by atoms with Gasteiger partial charge >= 0.3 is 5.69 Å². The molecule has 1 heterocycles. The Hall–Kier alpha value is -2.68. The van der Waals surface area contributed by atoms with Crippen molar-refractivity contribution in [2.24, 2.45) is 5.92 Å². The van der Waals surface area contributed by atoms with Crippen LogP contribution >= 0.6 is 12.2 Å². The van der Waals surface area contributed by atoms with Gasteiger partial charge in [-0.3, -0.25) is 14.3 Å². The fourth-order valence-electron chi connectivity index (χ4n) is 2.74. The summed E-state index contributed by atoms with van der Waals surface area (Å²) < 4.78 is 14.5. The molecule has 4 N–H and O–H groups in total. The second kappa shape index (κ2) is 9.50. The standard InChI is InChI=1S/C19H26FN5O2S/c1-4-5-10-24-16(21)15(17(26)23-18(24)27)25(11-12(2)3)19(28)22-14-8-6-13(20)7-9-14/h6-9,12H,4-5,10-11,21H2,1-3H3,(H,22,28)(H,23,26,27). The van der Waals surface area contributed by atoms with E-state index in [1.54, 1.807) is 17.0 Å². The summed E-state index contributed by atoms with van der Waals surface area (Å²) in [6.45, 7) is 6.77. The second-order valence-corrected chi connectivity index (χ2v) is 7.33. The predicted molar refractivity (Wildman–Crippen MR) is 115 cm³/mol. The summed E-state index contributed by atoms with van der Waals surface area (Å²) in [5.74, 6) is -0.131. The number of hydrogen-bond acceptors (Lipinski definition) is 4. The van der Waals surface area contributed by atoms with Crippen LogP contribution in [0.1, 0.15) is 33.6 Å². The van der Waals surface area contributed by atoms with Gasteiger partial charge in [0.1, 0.15) is 11.6 Å². The van der Waals surface area contributed by atoms with Crippen molar-refractivity contribution < 1.29 is 4.39 Å². The number of unbranched alkanes of at least 4 members (excludes halogenated alkanes) is 1. The van der Waals surface area contributed by atoms with E-state index in [9.17, 15) is 14.0 Å². The highest BCUT2D eigenvalue weighted by atomic mass is 32.1. The van der Waals surface area contributed by atoms with E-state index in [4.69, 9.17) is 18.0 Å². The Balaban J connectivity index is 2.47. The van der Waals surface area contributed by atoms with E-state index in [-0.39, 0.29) is 28.4 Å². The van der Waals surface area contributed by atoms with Gasteiger partial charge in [-0.25, -0.2) is 9.18 Å². The quantitative estimate of drug-likeness (QED) is 0.611. The Morgan fingerprint density at radius 1 is 1.32 bits per heavy atom. The lowest BCUT2D eigenvalue weighted by molar-refractivity contribution is 0.601. The summed E-state index contributed by atoms with van der Waals surface area (Å²) in [6, 6.07) is 5.71. The molecule has 9 heteroatoms. The minimum Gasteiger partial charge on any atom is -0.383 e. The maximum Gasteiger partial charge on any atom is 0.330 e. The zero-order chi connectivity index (χ0) is 20.8. The van der Waals surface area contributed by atoms with E-state index in [1.165, 1.54) is 16.7 Å². The molecule has 0 saturated carbocycles. The van der Waals surface area contributed by atoms with Crippen LogP contribution in [-0.2, 0) is 6.54 Å². The molecule has 7 nitrogen and oxygen atoms in total. The van der Waals surface area contributed by atoms with Gasteiger partial charge in [-0.15, -0.1) is 0 Å². The van der Waals surface area contributed by atoms with Gasteiger partial charge in [0, 0.05) is 18.8 Å². The molecule has 2 aromatic rings. The minimum atomic E-state index is -0.598.